The molecule has 2 N–H and O–H groups in total. The first kappa shape index (κ1) is 15.3. The standard InChI is InChI=1S/C12H24N2O4/c1-10(16)11(13(2)8-9-15)12(14(17)18)6-4-3-5-7-12/h10-11,15-16H,3-9H2,1-2H3. The van der Waals surface area contributed by atoms with Gasteiger partial charge in [0.25, 0.3) is 0 Å². The van der Waals surface area contributed by atoms with Gasteiger partial charge in [-0.3, -0.25) is 15.0 Å². The van der Waals surface area contributed by atoms with Gasteiger partial charge in [0.05, 0.1) is 12.7 Å². The van der Waals surface area contributed by atoms with Crippen molar-refractivity contribution in [3.05, 3.63) is 10.1 Å². The van der Waals surface area contributed by atoms with E-state index >= 15 is 0 Å². The Bertz CT molecular complexity index is 277. The second-order valence-electron chi connectivity index (χ2n) is 5.31. The molecule has 1 saturated carbocycles. The fourth-order valence-corrected chi connectivity index (χ4v) is 3.27. The molecule has 0 bridgehead atoms. The van der Waals surface area contributed by atoms with Crippen LogP contribution in [0.15, 0.2) is 0 Å². The second-order valence-corrected chi connectivity index (χ2v) is 5.31. The van der Waals surface area contributed by atoms with Crippen molar-refractivity contribution in [1.29, 1.82) is 0 Å². The molecule has 0 heterocycles. The zero-order valence-electron chi connectivity index (χ0n) is 11.2. The Morgan fingerprint density at radius 3 is 2.33 bits per heavy atom. The molecule has 1 aliphatic rings. The average molecular weight is 260 g/mol. The summed E-state index contributed by atoms with van der Waals surface area (Å²) in [4.78, 5) is 13.0. The summed E-state index contributed by atoms with van der Waals surface area (Å²) in [6.45, 7) is 1.87. The van der Waals surface area contributed by atoms with E-state index < -0.39 is 17.7 Å². The van der Waals surface area contributed by atoms with Gasteiger partial charge in [0.15, 0.2) is 0 Å². The van der Waals surface area contributed by atoms with E-state index in [4.69, 9.17) is 5.11 Å². The van der Waals surface area contributed by atoms with Crippen LogP contribution in [0.5, 0.6) is 0 Å². The first-order valence-corrected chi connectivity index (χ1v) is 6.59. The predicted octanol–water partition coefficient (Wildman–Crippen LogP) is 0.639. The van der Waals surface area contributed by atoms with Crippen LogP contribution < -0.4 is 0 Å². The van der Waals surface area contributed by atoms with E-state index in [1.54, 1.807) is 18.9 Å². The summed E-state index contributed by atoms with van der Waals surface area (Å²) >= 11 is 0. The Morgan fingerprint density at radius 2 is 1.94 bits per heavy atom. The number of likely N-dealkylation sites (N-methyl/N-ethyl adjacent to an activating group) is 1. The fraction of sp³-hybridized carbons (Fsp3) is 1.00. The lowest BCUT2D eigenvalue weighted by molar-refractivity contribution is -0.585. The Balaban J connectivity index is 3.01. The van der Waals surface area contributed by atoms with Gasteiger partial charge in [-0.1, -0.05) is 6.42 Å². The number of rotatable bonds is 6. The molecule has 0 aromatic carbocycles. The highest BCUT2D eigenvalue weighted by atomic mass is 16.6. The Hall–Kier alpha value is -0.720. The third-order valence-corrected chi connectivity index (χ3v) is 4.02. The topological polar surface area (TPSA) is 86.8 Å². The third kappa shape index (κ3) is 2.99. The number of aliphatic hydroxyl groups excluding tert-OH is 2. The molecule has 0 aromatic heterocycles. The maximum Gasteiger partial charge on any atom is 0.240 e. The smallest absolute Gasteiger partial charge is 0.240 e. The quantitative estimate of drug-likeness (QED) is 0.540. The zero-order valence-corrected chi connectivity index (χ0v) is 11.2. The number of nitro groups is 1. The van der Waals surface area contributed by atoms with Crippen molar-refractivity contribution in [2.24, 2.45) is 0 Å². The SMILES string of the molecule is CC(O)C(N(C)CCO)C1([N+](=O)[O-])CCCCC1. The van der Waals surface area contributed by atoms with E-state index in [0.717, 1.165) is 19.3 Å². The van der Waals surface area contributed by atoms with Crippen molar-refractivity contribution >= 4 is 0 Å². The van der Waals surface area contributed by atoms with Crippen LogP contribution in [-0.2, 0) is 0 Å². The lowest BCUT2D eigenvalue weighted by Gasteiger charge is -2.41. The molecule has 1 fully saturated rings. The Labute approximate surface area is 108 Å². The van der Waals surface area contributed by atoms with E-state index in [1.807, 2.05) is 0 Å². The van der Waals surface area contributed by atoms with Gasteiger partial charge in [-0.25, -0.2) is 0 Å². The van der Waals surface area contributed by atoms with Gasteiger partial charge in [-0.15, -0.1) is 0 Å². The van der Waals surface area contributed by atoms with Gasteiger partial charge in [0.2, 0.25) is 5.54 Å². The highest BCUT2D eigenvalue weighted by Gasteiger charge is 2.54. The van der Waals surface area contributed by atoms with E-state index in [-0.39, 0.29) is 11.5 Å². The van der Waals surface area contributed by atoms with Crippen molar-refractivity contribution in [3.8, 4) is 0 Å². The Morgan fingerprint density at radius 1 is 1.39 bits per heavy atom. The monoisotopic (exact) mass is 260 g/mol. The highest BCUT2D eigenvalue weighted by Crippen LogP contribution is 2.37. The summed E-state index contributed by atoms with van der Waals surface area (Å²) in [7, 11) is 1.73. The average Bonchev–Trinajstić information content (AvgIpc) is 2.30. The largest absolute Gasteiger partial charge is 0.395 e. The maximum atomic E-state index is 11.5. The summed E-state index contributed by atoms with van der Waals surface area (Å²) in [6.07, 6.45) is 2.90. The molecular weight excluding hydrogens is 236 g/mol. The van der Waals surface area contributed by atoms with Gasteiger partial charge in [0.1, 0.15) is 6.04 Å². The molecule has 2 atom stereocenters. The number of aliphatic hydroxyl groups is 2. The molecule has 6 nitrogen and oxygen atoms in total. The molecule has 0 radical (unpaired) electrons. The molecule has 0 spiro atoms. The van der Waals surface area contributed by atoms with Crippen molar-refractivity contribution in [2.75, 3.05) is 20.2 Å². The van der Waals surface area contributed by atoms with E-state index in [9.17, 15) is 15.2 Å². The normalized spacial score (nSPS) is 22.7. The van der Waals surface area contributed by atoms with Crippen LogP contribution in [0.3, 0.4) is 0 Å². The highest BCUT2D eigenvalue weighted by molar-refractivity contribution is 4.97. The first-order valence-electron chi connectivity index (χ1n) is 6.59. The molecule has 1 aliphatic carbocycles. The van der Waals surface area contributed by atoms with Crippen LogP contribution >= 0.6 is 0 Å². The summed E-state index contributed by atoms with van der Waals surface area (Å²) in [5.74, 6) is 0. The number of hydrogen-bond acceptors (Lipinski definition) is 5. The molecule has 0 aromatic rings. The van der Waals surface area contributed by atoms with Gasteiger partial charge >= 0.3 is 0 Å². The lowest BCUT2D eigenvalue weighted by Crippen LogP contribution is -2.61. The zero-order chi connectivity index (χ0) is 13.8. The van der Waals surface area contributed by atoms with Crippen molar-refractivity contribution in [3.63, 3.8) is 0 Å². The molecule has 0 saturated heterocycles. The summed E-state index contributed by atoms with van der Waals surface area (Å²) < 4.78 is 0. The first-order chi connectivity index (χ1) is 8.45. The maximum absolute atomic E-state index is 11.5. The molecule has 2 unspecified atom stereocenters. The molecule has 0 amide bonds. The summed E-state index contributed by atoms with van der Waals surface area (Å²) in [5.41, 5.74) is -1.07. The van der Waals surface area contributed by atoms with E-state index in [2.05, 4.69) is 0 Å². The van der Waals surface area contributed by atoms with Crippen LogP contribution in [0.4, 0.5) is 0 Å². The Kier molecular flexibility index (Phi) is 5.49. The summed E-state index contributed by atoms with van der Waals surface area (Å²) in [6, 6.07) is -0.542. The van der Waals surface area contributed by atoms with Crippen LogP contribution in [-0.4, -0.2) is 57.9 Å². The minimum atomic E-state index is -1.07. The van der Waals surface area contributed by atoms with Crippen LogP contribution in [0, 0.1) is 10.1 Å². The molecule has 6 heteroatoms. The van der Waals surface area contributed by atoms with Crippen molar-refractivity contribution < 1.29 is 15.1 Å². The number of hydrogen-bond donors (Lipinski definition) is 2. The minimum Gasteiger partial charge on any atom is -0.395 e. The molecule has 18 heavy (non-hydrogen) atoms. The third-order valence-electron chi connectivity index (χ3n) is 4.02. The molecule has 106 valence electrons. The van der Waals surface area contributed by atoms with Gasteiger partial charge in [-0.05, 0) is 26.8 Å². The van der Waals surface area contributed by atoms with Crippen LogP contribution in [0.25, 0.3) is 0 Å². The van der Waals surface area contributed by atoms with Gasteiger partial charge < -0.3 is 10.2 Å². The van der Waals surface area contributed by atoms with Crippen LogP contribution in [0.1, 0.15) is 39.0 Å². The van der Waals surface area contributed by atoms with Gasteiger partial charge in [-0.2, -0.15) is 0 Å². The van der Waals surface area contributed by atoms with Crippen LogP contribution in [0.2, 0.25) is 0 Å². The van der Waals surface area contributed by atoms with Crippen molar-refractivity contribution in [1.82, 2.24) is 4.90 Å². The van der Waals surface area contributed by atoms with Gasteiger partial charge in [0, 0.05) is 24.3 Å². The van der Waals surface area contributed by atoms with E-state index in [1.165, 1.54) is 0 Å². The van der Waals surface area contributed by atoms with Crippen molar-refractivity contribution in [2.45, 2.75) is 56.7 Å². The summed E-state index contributed by atoms with van der Waals surface area (Å²) in [5, 5.41) is 30.5. The minimum absolute atomic E-state index is 0.0620. The molecule has 0 aliphatic heterocycles. The lowest BCUT2D eigenvalue weighted by atomic mass is 9.74. The molecular formula is C12H24N2O4. The fourth-order valence-electron chi connectivity index (χ4n) is 3.27. The number of nitrogens with zero attached hydrogens (tertiary/aromatic N) is 2. The molecule has 1 rings (SSSR count). The van der Waals surface area contributed by atoms with E-state index in [0.29, 0.717) is 19.4 Å². The second kappa shape index (κ2) is 6.45. The predicted molar refractivity (Wildman–Crippen MR) is 68.0 cm³/mol.